The summed E-state index contributed by atoms with van der Waals surface area (Å²) in [5.41, 5.74) is 1.17. The number of hydroxylamine groups is 1. The predicted molar refractivity (Wildman–Crippen MR) is 90.1 cm³/mol. The Hall–Kier alpha value is -2.62. The van der Waals surface area contributed by atoms with Gasteiger partial charge in [0, 0.05) is 32.5 Å². The first-order valence-corrected chi connectivity index (χ1v) is 7.29. The monoisotopic (exact) mass is 293 g/mol. The molecule has 0 amide bonds. The van der Waals surface area contributed by atoms with Gasteiger partial charge in [-0.1, -0.05) is 36.4 Å². The number of H-pyrrole nitrogens is 1. The number of aromatic amines is 1. The number of imidazole rings is 1. The molecule has 0 aliphatic rings. The van der Waals surface area contributed by atoms with Gasteiger partial charge < -0.3 is 10.2 Å². The van der Waals surface area contributed by atoms with Crippen LogP contribution in [0.3, 0.4) is 0 Å². The third kappa shape index (κ3) is 2.86. The lowest BCUT2D eigenvalue weighted by Crippen LogP contribution is -2.29. The second-order valence-electron chi connectivity index (χ2n) is 6.36. The highest BCUT2D eigenvalue weighted by atomic mass is 16.5. The summed E-state index contributed by atoms with van der Waals surface area (Å²) in [5.74, 6) is 0.763. The first-order chi connectivity index (χ1) is 10.4. The van der Waals surface area contributed by atoms with Gasteiger partial charge >= 0.3 is 0 Å². The normalized spacial score (nSPS) is 12.8. The Morgan fingerprint density at radius 3 is 2.55 bits per heavy atom. The molecule has 0 saturated carbocycles. The molecule has 2 aromatic carbocycles. The lowest BCUT2D eigenvalue weighted by atomic mass is 10.1. The first kappa shape index (κ1) is 14.3. The molecular formula is C18H19N3O. The number of nitrogens with zero attached hydrogens (tertiary/aromatic N) is 2. The summed E-state index contributed by atoms with van der Waals surface area (Å²) in [6, 6.07) is 14.4. The SMILES string of the molecule is CC(C)(C)[N+]([O-])=Cc1c[nH]c(-c2ccc3ccccc3c2)n1. The highest BCUT2D eigenvalue weighted by Gasteiger charge is 2.18. The van der Waals surface area contributed by atoms with E-state index in [0.29, 0.717) is 5.69 Å². The minimum Gasteiger partial charge on any atom is -0.623 e. The van der Waals surface area contributed by atoms with Crippen LogP contribution in [0.4, 0.5) is 0 Å². The van der Waals surface area contributed by atoms with Crippen LogP contribution in [0, 0.1) is 5.21 Å². The molecule has 0 saturated heterocycles. The van der Waals surface area contributed by atoms with Gasteiger partial charge in [0.05, 0.1) is 0 Å². The molecule has 0 spiro atoms. The van der Waals surface area contributed by atoms with Crippen LogP contribution in [0.15, 0.2) is 48.7 Å². The molecular weight excluding hydrogens is 274 g/mol. The fourth-order valence-corrected chi connectivity index (χ4v) is 2.20. The van der Waals surface area contributed by atoms with E-state index >= 15 is 0 Å². The van der Waals surface area contributed by atoms with Gasteiger partial charge in [-0.15, -0.1) is 0 Å². The fraction of sp³-hybridized carbons (Fsp3) is 0.222. The van der Waals surface area contributed by atoms with Crippen LogP contribution in [0.1, 0.15) is 26.5 Å². The largest absolute Gasteiger partial charge is 0.623 e. The van der Waals surface area contributed by atoms with E-state index in [1.165, 1.54) is 17.0 Å². The van der Waals surface area contributed by atoms with Crippen molar-refractivity contribution in [2.45, 2.75) is 26.3 Å². The lowest BCUT2D eigenvalue weighted by Gasteiger charge is -2.17. The zero-order chi connectivity index (χ0) is 15.7. The van der Waals surface area contributed by atoms with Gasteiger partial charge in [-0.05, 0) is 16.8 Å². The van der Waals surface area contributed by atoms with Gasteiger partial charge in [-0.25, -0.2) is 9.72 Å². The molecule has 4 nitrogen and oxygen atoms in total. The zero-order valence-electron chi connectivity index (χ0n) is 13.0. The zero-order valence-corrected chi connectivity index (χ0v) is 13.0. The maximum Gasteiger partial charge on any atom is 0.202 e. The highest BCUT2D eigenvalue weighted by Crippen LogP contribution is 2.22. The molecule has 0 unspecified atom stereocenters. The third-order valence-corrected chi connectivity index (χ3v) is 3.53. The van der Waals surface area contributed by atoms with Crippen LogP contribution in [-0.2, 0) is 0 Å². The fourth-order valence-electron chi connectivity index (χ4n) is 2.20. The van der Waals surface area contributed by atoms with Crippen LogP contribution < -0.4 is 0 Å². The van der Waals surface area contributed by atoms with Crippen LogP contribution in [0.2, 0.25) is 0 Å². The van der Waals surface area contributed by atoms with Crippen molar-refractivity contribution in [2.24, 2.45) is 0 Å². The molecule has 4 heteroatoms. The Balaban J connectivity index is 1.95. The van der Waals surface area contributed by atoms with Crippen LogP contribution in [0.25, 0.3) is 22.2 Å². The molecule has 0 aliphatic heterocycles. The summed E-state index contributed by atoms with van der Waals surface area (Å²) in [7, 11) is 0. The van der Waals surface area contributed by atoms with E-state index < -0.39 is 5.54 Å². The topological polar surface area (TPSA) is 54.8 Å². The van der Waals surface area contributed by atoms with Gasteiger partial charge in [-0.2, -0.15) is 0 Å². The smallest absolute Gasteiger partial charge is 0.202 e. The Bertz CT molecular complexity index is 841. The van der Waals surface area contributed by atoms with Gasteiger partial charge in [-0.3, -0.25) is 0 Å². The molecule has 0 fully saturated rings. The van der Waals surface area contributed by atoms with Gasteiger partial charge in [0.15, 0.2) is 5.54 Å². The molecule has 0 bridgehead atoms. The Morgan fingerprint density at radius 2 is 1.82 bits per heavy atom. The van der Waals surface area contributed by atoms with Crippen LogP contribution in [0.5, 0.6) is 0 Å². The predicted octanol–water partition coefficient (Wildman–Crippen LogP) is 3.96. The number of hydrogen-bond donors (Lipinski definition) is 1. The van der Waals surface area contributed by atoms with E-state index in [2.05, 4.69) is 34.2 Å². The van der Waals surface area contributed by atoms with Crippen molar-refractivity contribution in [1.29, 1.82) is 0 Å². The quantitative estimate of drug-likeness (QED) is 0.336. The van der Waals surface area contributed by atoms with Crippen molar-refractivity contribution < 1.29 is 4.74 Å². The van der Waals surface area contributed by atoms with Gasteiger partial charge in [0.2, 0.25) is 6.21 Å². The third-order valence-electron chi connectivity index (χ3n) is 3.53. The number of nitrogens with one attached hydrogen (secondary N) is 1. The summed E-state index contributed by atoms with van der Waals surface area (Å²) in [6.07, 6.45) is 3.27. The Kier molecular flexibility index (Phi) is 3.45. The van der Waals surface area contributed by atoms with Gasteiger partial charge in [0.1, 0.15) is 11.5 Å². The maximum atomic E-state index is 12.0. The molecule has 0 atom stereocenters. The highest BCUT2D eigenvalue weighted by molar-refractivity contribution is 5.86. The van der Waals surface area contributed by atoms with E-state index in [-0.39, 0.29) is 0 Å². The van der Waals surface area contributed by atoms with E-state index in [1.807, 2.05) is 39.0 Å². The molecule has 22 heavy (non-hydrogen) atoms. The van der Waals surface area contributed by atoms with Crippen molar-refractivity contribution in [1.82, 2.24) is 9.97 Å². The number of aromatic nitrogens is 2. The number of benzene rings is 2. The lowest BCUT2D eigenvalue weighted by molar-refractivity contribution is -0.530. The van der Waals surface area contributed by atoms with Crippen molar-refractivity contribution in [3.63, 3.8) is 0 Å². The Morgan fingerprint density at radius 1 is 1.09 bits per heavy atom. The molecule has 3 rings (SSSR count). The molecule has 1 aromatic heterocycles. The van der Waals surface area contributed by atoms with Crippen molar-refractivity contribution >= 4 is 17.0 Å². The van der Waals surface area contributed by atoms with Crippen LogP contribution >= 0.6 is 0 Å². The molecule has 0 aliphatic carbocycles. The molecule has 1 N–H and O–H groups in total. The number of rotatable bonds is 2. The summed E-state index contributed by atoms with van der Waals surface area (Å²) in [4.78, 5) is 7.62. The van der Waals surface area contributed by atoms with E-state index in [0.717, 1.165) is 16.1 Å². The maximum absolute atomic E-state index is 12.0. The number of fused-ring (bicyclic) bond motifs is 1. The molecule has 1 heterocycles. The average Bonchev–Trinajstić information content (AvgIpc) is 2.94. The van der Waals surface area contributed by atoms with E-state index in [9.17, 15) is 5.21 Å². The summed E-state index contributed by atoms with van der Waals surface area (Å²) < 4.78 is 0.924. The summed E-state index contributed by atoms with van der Waals surface area (Å²) in [5, 5.41) is 14.3. The second kappa shape index (κ2) is 5.30. The molecule has 0 radical (unpaired) electrons. The van der Waals surface area contributed by atoms with E-state index in [4.69, 9.17) is 0 Å². The minimum atomic E-state index is -0.470. The van der Waals surface area contributed by atoms with Crippen molar-refractivity contribution in [2.75, 3.05) is 0 Å². The Labute approximate surface area is 129 Å². The van der Waals surface area contributed by atoms with Crippen molar-refractivity contribution in [3.8, 4) is 11.4 Å². The summed E-state index contributed by atoms with van der Waals surface area (Å²) >= 11 is 0. The van der Waals surface area contributed by atoms with Crippen LogP contribution in [-0.4, -0.2) is 26.5 Å². The standard InChI is InChI=1S/C18H19N3O/c1-18(2,3)21(22)12-16-11-19-17(20-16)15-9-8-13-6-4-5-7-14(13)10-15/h4-12H,1-3H3,(H,19,20). The van der Waals surface area contributed by atoms with Crippen molar-refractivity contribution in [3.05, 3.63) is 59.6 Å². The van der Waals surface area contributed by atoms with Gasteiger partial charge in [0.25, 0.3) is 0 Å². The van der Waals surface area contributed by atoms with E-state index in [1.54, 1.807) is 6.20 Å². The first-order valence-electron chi connectivity index (χ1n) is 7.29. The summed E-state index contributed by atoms with van der Waals surface area (Å²) in [6.45, 7) is 5.61. The second-order valence-corrected chi connectivity index (χ2v) is 6.36. The molecule has 112 valence electrons. The minimum absolute atomic E-state index is 0.470. The molecule has 3 aromatic rings. The number of hydrogen-bond acceptors (Lipinski definition) is 2. The average molecular weight is 293 g/mol.